The van der Waals surface area contributed by atoms with Crippen molar-refractivity contribution >= 4 is 72.5 Å². The van der Waals surface area contributed by atoms with Crippen LogP contribution in [0.3, 0.4) is 0 Å². The molecule has 8 saturated heterocycles. The maximum absolute atomic E-state index is 14.7. The number of anilines is 1. The van der Waals surface area contributed by atoms with Crippen LogP contribution in [0.2, 0.25) is 0 Å². The van der Waals surface area contributed by atoms with Gasteiger partial charge in [-0.25, -0.2) is 0 Å². The van der Waals surface area contributed by atoms with Gasteiger partial charge >= 0.3 is 0 Å². The smallest absolute Gasteiger partial charge is 0.264 e. The zero-order chi connectivity index (χ0) is 32.1. The first-order valence-electron chi connectivity index (χ1n) is 15.1. The van der Waals surface area contributed by atoms with Crippen LogP contribution in [-0.2, 0) is 36.4 Å². The highest BCUT2D eigenvalue weighted by Crippen LogP contribution is 2.78. The third kappa shape index (κ3) is 2.33. The third-order valence-corrected chi connectivity index (χ3v) is 19.8. The molecule has 0 aromatic heterocycles. The minimum absolute atomic E-state index is 0.280. The van der Waals surface area contributed by atoms with E-state index in [1.54, 1.807) is 32.8 Å². The Morgan fingerprint density at radius 2 is 1.22 bits per heavy atom. The molecule has 2 spiro atoms. The van der Waals surface area contributed by atoms with Crippen molar-refractivity contribution in [1.82, 2.24) is 19.6 Å². The van der Waals surface area contributed by atoms with Crippen molar-refractivity contribution in [1.29, 1.82) is 0 Å². The van der Waals surface area contributed by atoms with Gasteiger partial charge in [-0.2, -0.15) is 0 Å². The number of carbonyl (C=O) groups is 4. The van der Waals surface area contributed by atoms with Crippen molar-refractivity contribution in [3.05, 3.63) is 65.2 Å². The first-order valence-corrected chi connectivity index (χ1v) is 19.4. The molecule has 0 saturated carbocycles. The normalized spacial score (nSPS) is 47.2. The molecule has 4 bridgehead atoms. The summed E-state index contributed by atoms with van der Waals surface area (Å²) in [5.41, 5.74) is -0.173. The van der Waals surface area contributed by atoms with Crippen LogP contribution in [0.1, 0.15) is 30.5 Å². The van der Waals surface area contributed by atoms with E-state index >= 15 is 0 Å². The first kappa shape index (κ1) is 28.5. The summed E-state index contributed by atoms with van der Waals surface area (Å²) < 4.78 is 0. The number of amides is 4. The van der Waals surface area contributed by atoms with E-state index in [-0.39, 0.29) is 17.7 Å². The van der Waals surface area contributed by atoms with Gasteiger partial charge in [-0.15, -0.1) is 0 Å². The number of nitrogens with zero attached hydrogens (tertiary/aromatic N) is 4. The van der Waals surface area contributed by atoms with E-state index < -0.39 is 60.6 Å². The van der Waals surface area contributed by atoms with Gasteiger partial charge in [0, 0.05) is 19.8 Å². The van der Waals surface area contributed by atoms with Gasteiger partial charge in [-0.05, 0) is 64.6 Å². The molecule has 4 amide bonds. The molecule has 9 aliphatic heterocycles. The standard InChI is InChI=1S/C31H29N5O6S4/c1-26-22(39)35-18-13-14-9-5-6-10-15(14)28(18,19(37)30(35,45-43-26)24(41)33(26)3)29-16-11-7-8-12-17(16)32-21(29)36-23(40)27(2)34(4)25(42)31(36,20(29)38)46-44-27/h5-12,18-21,32,37-38H,13H2,1-4H3/t18-,19-,20-,21+,26-,27-,28-,29+,30-,31-/m0/s1. The minimum atomic E-state index is -1.73. The Labute approximate surface area is 279 Å². The van der Waals surface area contributed by atoms with Gasteiger partial charge in [-0.3, -0.25) is 24.1 Å². The van der Waals surface area contributed by atoms with E-state index in [2.05, 4.69) is 5.32 Å². The summed E-state index contributed by atoms with van der Waals surface area (Å²) in [6, 6.07) is 14.4. The van der Waals surface area contributed by atoms with Crippen molar-refractivity contribution in [3.8, 4) is 0 Å². The van der Waals surface area contributed by atoms with E-state index in [4.69, 9.17) is 0 Å². The SMILES string of the molecule is CN1C(=O)[C@]23SS[C@@]1(C)C(=O)N2[C@H]1Cc2ccccc2[C@@]1([C@@]12c4ccccc4N[C@@H]1N1C(=O)[C@]4(C)SS[C@]1(C(=O)N4C)[C@H]2O)[C@@H]3O. The largest absolute Gasteiger partial charge is 0.388 e. The van der Waals surface area contributed by atoms with Gasteiger partial charge in [-0.1, -0.05) is 64.1 Å². The lowest BCUT2D eigenvalue weighted by atomic mass is 9.51. The average Bonchev–Trinajstić information content (AvgIpc) is 3.70. The Balaban J connectivity index is 1.36. The molecule has 0 radical (unpaired) electrons. The number of para-hydroxylation sites is 1. The molecule has 0 unspecified atom stereocenters. The summed E-state index contributed by atoms with van der Waals surface area (Å²) in [7, 11) is 8.12. The number of carbonyl (C=O) groups excluding carboxylic acids is 4. The number of benzene rings is 2. The lowest BCUT2D eigenvalue weighted by Gasteiger charge is -2.58. The van der Waals surface area contributed by atoms with Gasteiger partial charge in [0.25, 0.3) is 23.6 Å². The van der Waals surface area contributed by atoms with Crippen molar-refractivity contribution in [2.24, 2.45) is 0 Å². The maximum Gasteiger partial charge on any atom is 0.264 e. The van der Waals surface area contributed by atoms with Gasteiger partial charge in [0.2, 0.25) is 9.74 Å². The zero-order valence-electron chi connectivity index (χ0n) is 25.1. The predicted octanol–water partition coefficient (Wildman–Crippen LogP) is 1.50. The number of nitrogens with one attached hydrogen (secondary N) is 1. The average molecular weight is 696 g/mol. The van der Waals surface area contributed by atoms with Crippen LogP contribution in [0.5, 0.6) is 0 Å². The summed E-state index contributed by atoms with van der Waals surface area (Å²) in [6.45, 7) is 3.46. The van der Waals surface area contributed by atoms with Crippen molar-refractivity contribution in [2.45, 2.75) is 75.0 Å². The van der Waals surface area contributed by atoms with Crippen LogP contribution in [0.25, 0.3) is 0 Å². The number of aliphatic hydroxyl groups is 2. The number of fused-ring (bicyclic) bond motifs is 11. The van der Waals surface area contributed by atoms with Crippen LogP contribution in [-0.4, -0.2) is 111 Å². The van der Waals surface area contributed by atoms with Gasteiger partial charge in [0.1, 0.15) is 18.4 Å². The first-order chi connectivity index (χ1) is 21.8. The fourth-order valence-electron chi connectivity index (χ4n) is 10.2. The van der Waals surface area contributed by atoms with Crippen molar-refractivity contribution in [2.75, 3.05) is 19.4 Å². The molecule has 9 heterocycles. The van der Waals surface area contributed by atoms with E-state index in [9.17, 15) is 29.4 Å². The molecule has 11 nitrogen and oxygen atoms in total. The van der Waals surface area contributed by atoms with Crippen LogP contribution in [0, 0.1) is 0 Å². The second kappa shape index (κ2) is 8.00. The number of hydrogen-bond donors (Lipinski definition) is 3. The molecule has 238 valence electrons. The summed E-state index contributed by atoms with van der Waals surface area (Å²) in [4.78, 5) is 58.7. The van der Waals surface area contributed by atoms with Crippen LogP contribution in [0.15, 0.2) is 48.5 Å². The highest BCUT2D eigenvalue weighted by molar-refractivity contribution is 8.78. The van der Waals surface area contributed by atoms with Crippen molar-refractivity contribution in [3.63, 3.8) is 0 Å². The number of aliphatic hydroxyl groups excluding tert-OH is 2. The molecule has 10 atom stereocenters. The molecule has 1 aliphatic carbocycles. The van der Waals surface area contributed by atoms with Crippen molar-refractivity contribution < 1.29 is 29.4 Å². The Bertz CT molecular complexity index is 1760. The zero-order valence-corrected chi connectivity index (χ0v) is 28.4. The number of likely N-dealkylation sites (N-methyl/N-ethyl adjacent to an activating group) is 2. The van der Waals surface area contributed by atoms with Crippen LogP contribution in [0.4, 0.5) is 5.69 Å². The molecule has 10 aliphatic rings. The highest BCUT2D eigenvalue weighted by Gasteiger charge is 2.92. The Kier molecular flexibility index (Phi) is 4.95. The third-order valence-electron chi connectivity index (χ3n) is 12.5. The fourth-order valence-corrected chi connectivity index (χ4v) is 17.4. The molecule has 46 heavy (non-hydrogen) atoms. The topological polar surface area (TPSA) is 134 Å². The minimum Gasteiger partial charge on any atom is -0.388 e. The molecule has 8 fully saturated rings. The monoisotopic (exact) mass is 695 g/mol. The highest BCUT2D eigenvalue weighted by atomic mass is 33.1. The molecule has 2 aromatic rings. The fraction of sp³-hybridized carbons (Fsp3) is 0.484. The van der Waals surface area contributed by atoms with Gasteiger partial charge in [0.15, 0.2) is 9.74 Å². The number of hydrogen-bond acceptors (Lipinski definition) is 11. The maximum atomic E-state index is 14.7. The lowest BCUT2D eigenvalue weighted by molar-refractivity contribution is -0.166. The molecule has 3 N–H and O–H groups in total. The Hall–Kier alpha value is -2.56. The second-order valence-corrected chi connectivity index (χ2v) is 19.3. The van der Waals surface area contributed by atoms with Crippen LogP contribution >= 0.6 is 43.2 Å². The summed E-state index contributed by atoms with van der Waals surface area (Å²) in [5.74, 6) is -1.37. The quantitative estimate of drug-likeness (QED) is 0.375. The lowest BCUT2D eigenvalue weighted by Crippen LogP contribution is -2.77. The molecule has 12 rings (SSSR count). The van der Waals surface area contributed by atoms with E-state index in [0.717, 1.165) is 5.56 Å². The summed E-state index contributed by atoms with van der Waals surface area (Å²) in [6.07, 6.45) is -3.72. The number of rotatable bonds is 1. The number of piperazine rings is 2. The predicted molar refractivity (Wildman–Crippen MR) is 175 cm³/mol. The Morgan fingerprint density at radius 1 is 0.696 bits per heavy atom. The molecular formula is C31H29N5O6S4. The second-order valence-electron chi connectivity index (χ2n) is 13.8. The van der Waals surface area contributed by atoms with E-state index in [1.807, 2.05) is 48.5 Å². The van der Waals surface area contributed by atoms with E-state index in [1.165, 1.54) is 57.9 Å². The molecular weight excluding hydrogens is 667 g/mol. The van der Waals surface area contributed by atoms with Crippen LogP contribution < -0.4 is 5.32 Å². The summed E-state index contributed by atoms with van der Waals surface area (Å²) in [5, 5.41) is 30.2. The summed E-state index contributed by atoms with van der Waals surface area (Å²) >= 11 is 0. The molecule has 15 heteroatoms. The van der Waals surface area contributed by atoms with E-state index in [0.29, 0.717) is 23.2 Å². The Morgan fingerprint density at radius 3 is 1.87 bits per heavy atom. The molecule has 2 aromatic carbocycles. The van der Waals surface area contributed by atoms with Gasteiger partial charge < -0.3 is 30.2 Å². The van der Waals surface area contributed by atoms with Gasteiger partial charge in [0.05, 0.1) is 16.9 Å².